The van der Waals surface area contributed by atoms with Gasteiger partial charge in [0, 0.05) is 0 Å². The van der Waals surface area contributed by atoms with Crippen LogP contribution in [0.4, 0.5) is 13.2 Å². The highest BCUT2D eigenvalue weighted by Crippen LogP contribution is 2.34. The summed E-state index contributed by atoms with van der Waals surface area (Å²) in [6, 6.07) is 6.43. The Morgan fingerprint density at radius 3 is 1.91 bits per heavy atom. The van der Waals surface area contributed by atoms with E-state index in [2.05, 4.69) is 13.2 Å². The zero-order chi connectivity index (χ0) is 16.2. The van der Waals surface area contributed by atoms with E-state index in [1.54, 1.807) is 12.1 Å². The molecule has 0 aromatic heterocycles. The quantitative estimate of drug-likeness (QED) is 0.547. The van der Waals surface area contributed by atoms with E-state index in [0.717, 1.165) is 17.6 Å². The molecular weight excluding hydrogens is 285 g/mol. The van der Waals surface area contributed by atoms with Crippen LogP contribution in [-0.4, -0.2) is 6.18 Å². The fourth-order valence-corrected chi connectivity index (χ4v) is 3.11. The van der Waals surface area contributed by atoms with Gasteiger partial charge in [0.15, 0.2) is 0 Å². The smallest absolute Gasteiger partial charge is 0.166 e. The first kappa shape index (κ1) is 16.9. The van der Waals surface area contributed by atoms with E-state index in [9.17, 15) is 13.2 Å². The molecule has 3 heteroatoms. The van der Waals surface area contributed by atoms with Crippen LogP contribution in [-0.2, 0) is 0 Å². The maximum Gasteiger partial charge on any atom is 0.416 e. The molecule has 1 saturated carbocycles. The van der Waals surface area contributed by atoms with E-state index >= 15 is 0 Å². The molecule has 0 atom stereocenters. The largest absolute Gasteiger partial charge is 0.416 e. The van der Waals surface area contributed by atoms with Crippen LogP contribution in [0, 0.1) is 5.92 Å². The highest BCUT2D eigenvalue weighted by molar-refractivity contribution is 5.70. The van der Waals surface area contributed by atoms with Crippen molar-refractivity contribution < 1.29 is 13.2 Å². The van der Waals surface area contributed by atoms with E-state index in [1.165, 1.54) is 50.7 Å². The first-order valence-corrected chi connectivity index (χ1v) is 7.92. The molecule has 1 fully saturated rings. The molecule has 0 bridgehead atoms. The third-order valence-corrected chi connectivity index (χ3v) is 4.49. The molecule has 0 saturated heterocycles. The fourth-order valence-electron chi connectivity index (χ4n) is 3.11. The number of allylic oxidation sites excluding steroid dienone is 2. The summed E-state index contributed by atoms with van der Waals surface area (Å²) in [5.41, 5.74) is 1.28. The summed E-state index contributed by atoms with van der Waals surface area (Å²) in [5, 5.41) is 0. The van der Waals surface area contributed by atoms with Crippen molar-refractivity contribution in [1.29, 1.82) is 0 Å². The summed E-state index contributed by atoms with van der Waals surface area (Å²) in [6.45, 7) is 7.26. The molecule has 1 aromatic carbocycles. The van der Waals surface area contributed by atoms with Crippen molar-refractivity contribution in [3.8, 4) is 0 Å². The predicted octanol–water partition coefficient (Wildman–Crippen LogP) is 6.64. The molecule has 0 unspecified atom stereocenters. The monoisotopic (exact) mass is 308 g/mol. The highest BCUT2D eigenvalue weighted by atomic mass is 19.4. The van der Waals surface area contributed by atoms with Crippen LogP contribution in [0.25, 0.3) is 11.1 Å². The van der Waals surface area contributed by atoms with Crippen LogP contribution in [0.15, 0.2) is 37.4 Å². The Morgan fingerprint density at radius 2 is 1.41 bits per heavy atom. The third-order valence-electron chi connectivity index (χ3n) is 4.49. The molecule has 0 heterocycles. The topological polar surface area (TPSA) is 0 Å². The number of hydrogen-bond acceptors (Lipinski definition) is 0. The van der Waals surface area contributed by atoms with Crippen molar-refractivity contribution in [3.05, 3.63) is 48.6 Å². The van der Waals surface area contributed by atoms with Gasteiger partial charge in [-0.2, -0.15) is 13.2 Å². The van der Waals surface area contributed by atoms with Gasteiger partial charge in [-0.25, -0.2) is 0 Å². The van der Waals surface area contributed by atoms with Crippen molar-refractivity contribution in [2.45, 2.75) is 51.1 Å². The summed E-state index contributed by atoms with van der Waals surface area (Å²) >= 11 is 0. The first-order valence-electron chi connectivity index (χ1n) is 7.92. The normalized spacial score (nSPS) is 17.0. The van der Waals surface area contributed by atoms with E-state index in [4.69, 9.17) is 0 Å². The minimum atomic E-state index is -4.38. The van der Waals surface area contributed by atoms with Crippen LogP contribution in [0.3, 0.4) is 0 Å². The van der Waals surface area contributed by atoms with Gasteiger partial charge in [0.05, 0.1) is 5.57 Å². The van der Waals surface area contributed by atoms with Crippen LogP contribution >= 0.6 is 0 Å². The average Bonchev–Trinajstić information content (AvgIpc) is 2.74. The van der Waals surface area contributed by atoms with Crippen LogP contribution in [0.1, 0.15) is 56.1 Å². The molecule has 1 aliphatic carbocycles. The molecule has 0 amide bonds. The van der Waals surface area contributed by atoms with Crippen LogP contribution < -0.4 is 0 Å². The first-order chi connectivity index (χ1) is 10.4. The second-order valence-corrected chi connectivity index (χ2v) is 6.22. The van der Waals surface area contributed by atoms with Crippen molar-refractivity contribution in [3.63, 3.8) is 0 Å². The molecule has 0 aliphatic heterocycles. The standard InChI is InChI=1S/C19H23F3/c1-14(13-16-7-5-3-4-6-8-16)17-9-11-18(12-10-17)15(2)19(20,21)22/h9-12,16H,1-8,13H2. The Kier molecular flexibility index (Phi) is 5.49. The van der Waals surface area contributed by atoms with Gasteiger partial charge in [0.1, 0.15) is 0 Å². The minimum Gasteiger partial charge on any atom is -0.166 e. The Labute approximate surface area is 130 Å². The van der Waals surface area contributed by atoms with Crippen LogP contribution in [0.2, 0.25) is 0 Å². The number of alkyl halides is 3. The van der Waals surface area contributed by atoms with Gasteiger partial charge < -0.3 is 0 Å². The van der Waals surface area contributed by atoms with E-state index in [1.807, 2.05) is 0 Å². The van der Waals surface area contributed by atoms with Gasteiger partial charge in [-0.1, -0.05) is 75.9 Å². The molecule has 0 spiro atoms. The lowest BCUT2D eigenvalue weighted by molar-refractivity contribution is -0.0686. The van der Waals surface area contributed by atoms with Gasteiger partial charge in [-0.05, 0) is 29.0 Å². The second-order valence-electron chi connectivity index (χ2n) is 6.22. The molecule has 0 nitrogen and oxygen atoms in total. The van der Waals surface area contributed by atoms with Gasteiger partial charge in [-0.3, -0.25) is 0 Å². The second kappa shape index (κ2) is 7.17. The zero-order valence-electron chi connectivity index (χ0n) is 12.9. The number of hydrogen-bond donors (Lipinski definition) is 0. The summed E-state index contributed by atoms with van der Waals surface area (Å²) in [5.74, 6) is 0.666. The lowest BCUT2D eigenvalue weighted by Gasteiger charge is -2.16. The Morgan fingerprint density at radius 1 is 0.909 bits per heavy atom. The maximum absolute atomic E-state index is 12.6. The lowest BCUT2D eigenvalue weighted by Crippen LogP contribution is -2.09. The molecule has 0 radical (unpaired) electrons. The maximum atomic E-state index is 12.6. The van der Waals surface area contributed by atoms with Crippen LogP contribution in [0.5, 0.6) is 0 Å². The zero-order valence-corrected chi connectivity index (χ0v) is 12.9. The molecule has 22 heavy (non-hydrogen) atoms. The summed E-state index contributed by atoms with van der Waals surface area (Å²) in [6.07, 6.45) is 4.24. The number of rotatable bonds is 4. The predicted molar refractivity (Wildman–Crippen MR) is 86.4 cm³/mol. The van der Waals surface area contributed by atoms with E-state index in [0.29, 0.717) is 5.92 Å². The number of halogens is 3. The molecule has 1 aliphatic rings. The summed E-state index contributed by atoms with van der Waals surface area (Å²) in [4.78, 5) is 0. The molecule has 1 aromatic rings. The lowest BCUT2D eigenvalue weighted by atomic mass is 9.89. The third kappa shape index (κ3) is 4.49. The van der Waals surface area contributed by atoms with Crippen molar-refractivity contribution >= 4 is 11.1 Å². The number of benzene rings is 1. The van der Waals surface area contributed by atoms with Crippen molar-refractivity contribution in [1.82, 2.24) is 0 Å². The SMILES string of the molecule is C=C(CC1CCCCCC1)c1ccc(C(=C)C(F)(F)F)cc1. The fraction of sp³-hybridized carbons (Fsp3) is 0.474. The van der Waals surface area contributed by atoms with Gasteiger partial charge in [0.25, 0.3) is 0 Å². The minimum absolute atomic E-state index is 0.124. The van der Waals surface area contributed by atoms with E-state index < -0.39 is 11.7 Å². The summed E-state index contributed by atoms with van der Waals surface area (Å²) < 4.78 is 37.9. The Balaban J connectivity index is 2.00. The average molecular weight is 308 g/mol. The van der Waals surface area contributed by atoms with Gasteiger partial charge >= 0.3 is 6.18 Å². The van der Waals surface area contributed by atoms with Crippen molar-refractivity contribution in [2.75, 3.05) is 0 Å². The van der Waals surface area contributed by atoms with Gasteiger partial charge in [-0.15, -0.1) is 0 Å². The molecule has 0 N–H and O–H groups in total. The Bertz CT molecular complexity index is 515. The Hall–Kier alpha value is -1.51. The van der Waals surface area contributed by atoms with Crippen molar-refractivity contribution in [2.24, 2.45) is 5.92 Å². The molecule has 120 valence electrons. The van der Waals surface area contributed by atoms with Gasteiger partial charge in [0.2, 0.25) is 0 Å². The molecular formula is C19H23F3. The van der Waals surface area contributed by atoms with E-state index in [-0.39, 0.29) is 5.56 Å². The molecule has 2 rings (SSSR count). The highest BCUT2D eigenvalue weighted by Gasteiger charge is 2.32. The summed E-state index contributed by atoms with van der Waals surface area (Å²) in [7, 11) is 0.